The average Bonchev–Trinajstić information content (AvgIpc) is 2.74. The molecule has 2 N–H and O–H groups in total. The van der Waals surface area contributed by atoms with E-state index < -0.39 is 22.0 Å². The zero-order chi connectivity index (χ0) is 26.8. The van der Waals surface area contributed by atoms with Gasteiger partial charge in [-0.3, -0.25) is 4.79 Å². The van der Waals surface area contributed by atoms with E-state index in [0.717, 1.165) is 24.3 Å². The van der Waals surface area contributed by atoms with Crippen LogP contribution < -0.4 is 10.2 Å². The van der Waals surface area contributed by atoms with Gasteiger partial charge < -0.3 is 15.3 Å². The van der Waals surface area contributed by atoms with Crippen LogP contribution in [-0.2, 0) is 25.2 Å². The Morgan fingerprint density at radius 2 is 1.69 bits per heavy atom. The van der Waals surface area contributed by atoms with Crippen LogP contribution >= 0.6 is 11.6 Å². The highest BCUT2D eigenvalue weighted by atomic mass is 35.5. The van der Waals surface area contributed by atoms with Crippen LogP contribution in [0.25, 0.3) is 0 Å². The number of carbonyl (C=O) groups is 2. The molecule has 0 aliphatic heterocycles. The van der Waals surface area contributed by atoms with Crippen LogP contribution in [0.4, 0.5) is 24.5 Å². The maximum absolute atomic E-state index is 12.3. The van der Waals surface area contributed by atoms with Gasteiger partial charge in [0.15, 0.2) is 9.84 Å². The molecule has 0 aliphatic carbocycles. The molecule has 194 valence electrons. The number of benzene rings is 2. The lowest BCUT2D eigenvalue weighted by molar-refractivity contribution is -0.192. The zero-order valence-corrected chi connectivity index (χ0v) is 21.1. The maximum atomic E-state index is 12.3. The fraction of sp³-hybridized carbons (Fsp3) is 0.391. The molecule has 0 saturated heterocycles. The molecule has 0 aliphatic rings. The van der Waals surface area contributed by atoms with Crippen molar-refractivity contribution in [3.05, 3.63) is 58.6 Å². The third-order valence-electron chi connectivity index (χ3n) is 4.77. The number of alkyl halides is 3. The molecular weight excluding hydrogens is 509 g/mol. The van der Waals surface area contributed by atoms with Gasteiger partial charge in [-0.15, -0.1) is 0 Å². The summed E-state index contributed by atoms with van der Waals surface area (Å²) in [6.45, 7) is 7.94. The first-order valence-electron chi connectivity index (χ1n) is 10.6. The molecule has 1 amide bonds. The summed E-state index contributed by atoms with van der Waals surface area (Å²) < 4.78 is 56.3. The van der Waals surface area contributed by atoms with E-state index in [2.05, 4.69) is 24.1 Å². The van der Waals surface area contributed by atoms with Gasteiger partial charge in [-0.25, -0.2) is 13.2 Å². The van der Waals surface area contributed by atoms with Crippen LogP contribution in [0.15, 0.2) is 42.5 Å². The van der Waals surface area contributed by atoms with Crippen molar-refractivity contribution in [2.45, 2.75) is 39.1 Å². The molecule has 0 bridgehead atoms. The summed E-state index contributed by atoms with van der Waals surface area (Å²) in [5, 5.41) is 10.4. The molecule has 35 heavy (non-hydrogen) atoms. The Hall–Kier alpha value is -2.79. The van der Waals surface area contributed by atoms with Crippen LogP contribution in [-0.4, -0.2) is 50.4 Å². The summed E-state index contributed by atoms with van der Waals surface area (Å²) in [7, 11) is -3.40. The smallest absolute Gasteiger partial charge is 0.475 e. The molecule has 0 aromatic heterocycles. The number of hydrogen-bond donors (Lipinski definition) is 2. The Labute approximate surface area is 207 Å². The molecular formula is C23H28ClF3N2O5S. The maximum Gasteiger partial charge on any atom is 0.490 e. The Morgan fingerprint density at radius 3 is 2.17 bits per heavy atom. The monoisotopic (exact) mass is 536 g/mol. The Kier molecular flexibility index (Phi) is 11.5. The number of sulfone groups is 1. The summed E-state index contributed by atoms with van der Waals surface area (Å²) >= 11 is 5.89. The molecule has 0 radical (unpaired) electrons. The van der Waals surface area contributed by atoms with Crippen molar-refractivity contribution >= 4 is 44.7 Å². The first kappa shape index (κ1) is 30.2. The van der Waals surface area contributed by atoms with Crippen LogP contribution in [0, 0.1) is 6.92 Å². The Bertz CT molecular complexity index is 1120. The van der Waals surface area contributed by atoms with E-state index in [-0.39, 0.29) is 23.8 Å². The topological polar surface area (TPSA) is 104 Å². The minimum Gasteiger partial charge on any atom is -0.475 e. The number of nitrogens with zero attached hydrogens (tertiary/aromatic N) is 1. The highest BCUT2D eigenvalue weighted by Gasteiger charge is 2.38. The van der Waals surface area contributed by atoms with E-state index in [1.807, 2.05) is 25.1 Å². The van der Waals surface area contributed by atoms with E-state index in [9.17, 15) is 26.4 Å². The van der Waals surface area contributed by atoms with Crippen molar-refractivity contribution in [2.75, 3.05) is 29.1 Å². The highest BCUT2D eigenvalue weighted by molar-refractivity contribution is 7.90. The van der Waals surface area contributed by atoms with Crippen molar-refractivity contribution in [3.63, 3.8) is 0 Å². The number of nitrogens with one attached hydrogen (secondary N) is 1. The Morgan fingerprint density at radius 1 is 1.09 bits per heavy atom. The van der Waals surface area contributed by atoms with Crippen molar-refractivity contribution in [1.29, 1.82) is 0 Å². The number of carboxylic acid groups (broad SMARTS) is 1. The summed E-state index contributed by atoms with van der Waals surface area (Å²) in [5.74, 6) is -3.40. The van der Waals surface area contributed by atoms with Crippen LogP contribution in [0.3, 0.4) is 0 Å². The molecule has 0 saturated carbocycles. The quantitative estimate of drug-likeness (QED) is 0.463. The Balaban J connectivity index is 0.000000762. The summed E-state index contributed by atoms with van der Waals surface area (Å²) in [5.41, 5.74) is 3.37. The van der Waals surface area contributed by atoms with E-state index in [4.69, 9.17) is 21.5 Å². The number of carboxylic acids is 1. The van der Waals surface area contributed by atoms with Gasteiger partial charge >= 0.3 is 12.1 Å². The molecule has 0 atom stereocenters. The predicted octanol–water partition coefficient (Wildman–Crippen LogP) is 5.07. The minimum atomic E-state index is -5.08. The minimum absolute atomic E-state index is 0.0832. The first-order chi connectivity index (χ1) is 16.2. The summed E-state index contributed by atoms with van der Waals surface area (Å²) in [6.07, 6.45) is -5.17. The average molecular weight is 537 g/mol. The van der Waals surface area contributed by atoms with E-state index in [0.29, 0.717) is 16.3 Å². The zero-order valence-electron chi connectivity index (χ0n) is 19.5. The third-order valence-corrected chi connectivity index (χ3v) is 6.61. The standard InChI is InChI=1S/C21H27ClN2O3S.C2HF3O2/c1-4-24(5-2)19-9-10-20(16(3)13-19)23-21(25)11-12-28(26,27)15-17-7-6-8-18(22)14-17;3-2(4,5)1(6)7/h6-10,13-14H,4-5,11-12,15H2,1-3H3,(H,23,25);(H,6,7). The highest BCUT2D eigenvalue weighted by Crippen LogP contribution is 2.23. The molecule has 0 heterocycles. The number of anilines is 2. The third kappa shape index (κ3) is 11.0. The fourth-order valence-electron chi connectivity index (χ4n) is 2.99. The van der Waals surface area contributed by atoms with Gasteiger partial charge in [0.05, 0.1) is 11.5 Å². The van der Waals surface area contributed by atoms with Gasteiger partial charge in [0.2, 0.25) is 5.91 Å². The van der Waals surface area contributed by atoms with E-state index in [1.54, 1.807) is 24.3 Å². The summed E-state index contributed by atoms with van der Waals surface area (Å²) in [6, 6.07) is 12.6. The molecule has 12 heteroatoms. The number of amides is 1. The summed E-state index contributed by atoms with van der Waals surface area (Å²) in [4.78, 5) is 23.4. The van der Waals surface area contributed by atoms with Gasteiger partial charge in [-0.05, 0) is 62.2 Å². The molecule has 0 spiro atoms. The van der Waals surface area contributed by atoms with Crippen molar-refractivity contribution in [1.82, 2.24) is 0 Å². The molecule has 0 unspecified atom stereocenters. The first-order valence-corrected chi connectivity index (χ1v) is 12.8. The van der Waals surface area contributed by atoms with Crippen molar-refractivity contribution < 1.29 is 36.3 Å². The molecule has 7 nitrogen and oxygen atoms in total. The molecule has 2 aromatic carbocycles. The fourth-order valence-corrected chi connectivity index (χ4v) is 4.53. The number of halogens is 4. The van der Waals surface area contributed by atoms with E-state index in [1.165, 1.54) is 0 Å². The second-order valence-electron chi connectivity index (χ2n) is 7.49. The number of aliphatic carboxylic acids is 1. The lowest BCUT2D eigenvalue weighted by atomic mass is 10.1. The second-order valence-corrected chi connectivity index (χ2v) is 10.1. The van der Waals surface area contributed by atoms with Crippen molar-refractivity contribution in [3.8, 4) is 0 Å². The SMILES string of the molecule is CCN(CC)c1ccc(NC(=O)CCS(=O)(=O)Cc2cccc(Cl)c2)c(C)c1.O=C(O)C(F)(F)F. The normalized spacial score (nSPS) is 11.3. The number of rotatable bonds is 9. The molecule has 2 rings (SSSR count). The lowest BCUT2D eigenvalue weighted by Crippen LogP contribution is -2.22. The van der Waals surface area contributed by atoms with Crippen molar-refractivity contribution in [2.24, 2.45) is 0 Å². The number of hydrogen-bond acceptors (Lipinski definition) is 5. The predicted molar refractivity (Wildman–Crippen MR) is 131 cm³/mol. The van der Waals surface area contributed by atoms with E-state index >= 15 is 0 Å². The largest absolute Gasteiger partial charge is 0.490 e. The van der Waals surface area contributed by atoms with Crippen LogP contribution in [0.5, 0.6) is 0 Å². The number of aryl methyl sites for hydroxylation is 1. The molecule has 2 aromatic rings. The second kappa shape index (κ2) is 13.3. The van der Waals surface area contributed by atoms with Gasteiger partial charge in [-0.2, -0.15) is 13.2 Å². The van der Waals surface area contributed by atoms with Gasteiger partial charge in [-0.1, -0.05) is 23.7 Å². The lowest BCUT2D eigenvalue weighted by Gasteiger charge is -2.22. The van der Waals surface area contributed by atoms with Gasteiger partial charge in [0.1, 0.15) is 0 Å². The number of carbonyl (C=O) groups excluding carboxylic acids is 1. The molecule has 0 fully saturated rings. The van der Waals surface area contributed by atoms with Gasteiger partial charge in [0.25, 0.3) is 0 Å². The van der Waals surface area contributed by atoms with Crippen LogP contribution in [0.1, 0.15) is 31.4 Å². The van der Waals surface area contributed by atoms with Gasteiger partial charge in [0, 0.05) is 35.9 Å². The van der Waals surface area contributed by atoms with Crippen LogP contribution in [0.2, 0.25) is 5.02 Å².